The van der Waals surface area contributed by atoms with E-state index >= 15 is 0 Å². The number of hydrogen-bond acceptors (Lipinski definition) is 3. The van der Waals surface area contributed by atoms with Crippen LogP contribution >= 0.6 is 0 Å². The number of nitrogens with zero attached hydrogens (tertiary/aromatic N) is 2. The van der Waals surface area contributed by atoms with Crippen LogP contribution in [0, 0.1) is 0 Å². The molecule has 5 nitrogen and oxygen atoms in total. The van der Waals surface area contributed by atoms with Crippen LogP contribution in [-0.4, -0.2) is 35.6 Å². The van der Waals surface area contributed by atoms with Gasteiger partial charge in [0.1, 0.15) is 18.1 Å². The quantitative estimate of drug-likeness (QED) is 0.184. The number of amides is 1. The van der Waals surface area contributed by atoms with Crippen LogP contribution in [0.1, 0.15) is 47.4 Å². The fourth-order valence-electron chi connectivity index (χ4n) is 5.85. The van der Waals surface area contributed by atoms with Gasteiger partial charge in [0.15, 0.2) is 0 Å². The summed E-state index contributed by atoms with van der Waals surface area (Å²) in [6, 6.07) is 35.2. The second-order valence-corrected chi connectivity index (χ2v) is 10.8. The van der Waals surface area contributed by atoms with E-state index < -0.39 is 0 Å². The van der Waals surface area contributed by atoms with Gasteiger partial charge in [-0.1, -0.05) is 72.8 Å². The molecule has 0 radical (unpaired) electrons. The highest BCUT2D eigenvalue weighted by molar-refractivity contribution is 5.87. The van der Waals surface area contributed by atoms with Gasteiger partial charge in [0.05, 0.1) is 7.11 Å². The fraction of sp³-hybridized carbons (Fsp3) is 0.250. The van der Waals surface area contributed by atoms with Crippen molar-refractivity contribution in [1.82, 2.24) is 9.47 Å². The summed E-state index contributed by atoms with van der Waals surface area (Å²) in [5.41, 5.74) is 5.74. The molecule has 0 spiro atoms. The Kier molecular flexibility index (Phi) is 8.04. The number of methoxy groups -OCH3 is 1. The molecule has 0 saturated carbocycles. The largest absolute Gasteiger partial charge is 0.497 e. The number of para-hydroxylation sites is 1. The first-order chi connectivity index (χ1) is 20.2. The number of hydrogen-bond donors (Lipinski definition) is 0. The summed E-state index contributed by atoms with van der Waals surface area (Å²) in [5, 5.41) is 1.18. The van der Waals surface area contributed by atoms with Crippen LogP contribution in [0.2, 0.25) is 0 Å². The van der Waals surface area contributed by atoms with E-state index in [0.717, 1.165) is 60.6 Å². The molecule has 2 heterocycles. The molecular formula is C36H36N2O3. The number of rotatable bonds is 10. The van der Waals surface area contributed by atoms with E-state index in [1.54, 1.807) is 7.11 Å². The summed E-state index contributed by atoms with van der Waals surface area (Å²) < 4.78 is 13.9. The molecule has 5 aromatic rings. The number of benzene rings is 4. The molecule has 1 amide bonds. The molecule has 1 saturated heterocycles. The predicted octanol–water partition coefficient (Wildman–Crippen LogP) is 7.42. The van der Waals surface area contributed by atoms with Crippen LogP contribution in [0.15, 0.2) is 109 Å². The average molecular weight is 545 g/mol. The number of carbonyl (C=O) groups excluding carboxylic acids is 1. The zero-order chi connectivity index (χ0) is 28.0. The standard InChI is InChI=1S/C36H36N2O3/c1-40-30-18-16-27(17-19-30)24-38-25-34(32-14-5-6-15-35(32)38)33(23-36(39)37-20-7-8-21-37)29-12-9-13-31(22-29)41-26-28-10-3-2-4-11-28/h2-6,9-19,22,25,33H,7-8,20-21,23-24,26H2,1H3/t33-/m1/s1. The molecule has 0 bridgehead atoms. The molecular weight excluding hydrogens is 508 g/mol. The third-order valence-corrected chi connectivity index (χ3v) is 8.05. The van der Waals surface area contributed by atoms with Gasteiger partial charge >= 0.3 is 0 Å². The first-order valence-corrected chi connectivity index (χ1v) is 14.4. The highest BCUT2D eigenvalue weighted by Crippen LogP contribution is 2.37. The SMILES string of the molecule is COc1ccc(Cn2cc([C@H](CC(=O)N3CCCC3)c3cccc(OCc4ccccc4)c3)c3ccccc32)cc1. The minimum atomic E-state index is -0.0922. The summed E-state index contributed by atoms with van der Waals surface area (Å²) in [4.78, 5) is 15.6. The molecule has 208 valence electrons. The van der Waals surface area contributed by atoms with E-state index in [9.17, 15) is 4.79 Å². The normalized spacial score (nSPS) is 13.8. The summed E-state index contributed by atoms with van der Waals surface area (Å²) in [6.07, 6.45) is 4.84. The monoisotopic (exact) mass is 544 g/mol. The van der Waals surface area contributed by atoms with Crippen molar-refractivity contribution in [1.29, 1.82) is 0 Å². The van der Waals surface area contributed by atoms with Crippen molar-refractivity contribution in [2.75, 3.05) is 20.2 Å². The third-order valence-electron chi connectivity index (χ3n) is 8.05. The zero-order valence-electron chi connectivity index (χ0n) is 23.5. The molecule has 4 aromatic carbocycles. The van der Waals surface area contributed by atoms with Crippen molar-refractivity contribution in [3.05, 3.63) is 132 Å². The van der Waals surface area contributed by atoms with E-state index in [-0.39, 0.29) is 11.8 Å². The number of fused-ring (bicyclic) bond motifs is 1. The smallest absolute Gasteiger partial charge is 0.223 e. The Hall–Kier alpha value is -4.51. The summed E-state index contributed by atoms with van der Waals surface area (Å²) in [6.45, 7) is 2.94. The Bertz CT molecular complexity index is 1600. The van der Waals surface area contributed by atoms with Crippen molar-refractivity contribution in [2.24, 2.45) is 0 Å². The predicted molar refractivity (Wildman–Crippen MR) is 164 cm³/mol. The van der Waals surface area contributed by atoms with Gasteiger partial charge in [0.2, 0.25) is 5.91 Å². The van der Waals surface area contributed by atoms with Crippen molar-refractivity contribution >= 4 is 16.8 Å². The maximum absolute atomic E-state index is 13.6. The minimum Gasteiger partial charge on any atom is -0.497 e. The molecule has 1 aromatic heterocycles. The Balaban J connectivity index is 1.36. The van der Waals surface area contributed by atoms with E-state index in [4.69, 9.17) is 9.47 Å². The van der Waals surface area contributed by atoms with Crippen molar-refractivity contribution in [3.63, 3.8) is 0 Å². The zero-order valence-corrected chi connectivity index (χ0v) is 23.5. The molecule has 41 heavy (non-hydrogen) atoms. The second kappa shape index (κ2) is 12.3. The van der Waals surface area contributed by atoms with Gasteiger partial charge in [-0.3, -0.25) is 4.79 Å². The van der Waals surface area contributed by atoms with E-state index in [1.807, 2.05) is 47.4 Å². The Morgan fingerprint density at radius 2 is 1.56 bits per heavy atom. The van der Waals surface area contributed by atoms with Gasteiger partial charge in [-0.2, -0.15) is 0 Å². The van der Waals surface area contributed by atoms with Gasteiger partial charge in [0.25, 0.3) is 0 Å². The van der Waals surface area contributed by atoms with E-state index in [2.05, 4.69) is 71.4 Å². The lowest BCUT2D eigenvalue weighted by Gasteiger charge is -2.22. The van der Waals surface area contributed by atoms with Crippen LogP contribution in [0.3, 0.4) is 0 Å². The lowest BCUT2D eigenvalue weighted by atomic mass is 9.87. The molecule has 1 aliphatic heterocycles. The Labute approximate surface area is 241 Å². The van der Waals surface area contributed by atoms with Gasteiger partial charge < -0.3 is 18.9 Å². The van der Waals surface area contributed by atoms with Gasteiger partial charge in [-0.25, -0.2) is 0 Å². The van der Waals surface area contributed by atoms with Gasteiger partial charge in [0, 0.05) is 49.1 Å². The van der Waals surface area contributed by atoms with Crippen LogP contribution in [-0.2, 0) is 17.9 Å². The lowest BCUT2D eigenvalue weighted by molar-refractivity contribution is -0.130. The highest BCUT2D eigenvalue weighted by atomic mass is 16.5. The highest BCUT2D eigenvalue weighted by Gasteiger charge is 2.27. The maximum atomic E-state index is 13.6. The molecule has 1 aliphatic rings. The number of aromatic nitrogens is 1. The summed E-state index contributed by atoms with van der Waals surface area (Å²) in [5.74, 6) is 1.79. The average Bonchev–Trinajstić information content (AvgIpc) is 3.69. The van der Waals surface area contributed by atoms with Crippen LogP contribution in [0.5, 0.6) is 11.5 Å². The lowest BCUT2D eigenvalue weighted by Crippen LogP contribution is -2.29. The van der Waals surface area contributed by atoms with Crippen LogP contribution < -0.4 is 9.47 Å². The van der Waals surface area contributed by atoms with Crippen molar-refractivity contribution in [2.45, 2.75) is 38.3 Å². The Morgan fingerprint density at radius 3 is 2.34 bits per heavy atom. The first-order valence-electron chi connectivity index (χ1n) is 14.4. The van der Waals surface area contributed by atoms with Gasteiger partial charge in [-0.15, -0.1) is 0 Å². The number of carbonyl (C=O) groups is 1. The van der Waals surface area contributed by atoms with Gasteiger partial charge in [-0.05, 0) is 65.4 Å². The van der Waals surface area contributed by atoms with Crippen molar-refractivity contribution < 1.29 is 14.3 Å². The summed E-state index contributed by atoms with van der Waals surface area (Å²) >= 11 is 0. The topological polar surface area (TPSA) is 43.7 Å². The second-order valence-electron chi connectivity index (χ2n) is 10.8. The molecule has 0 N–H and O–H groups in total. The number of ether oxygens (including phenoxy) is 2. The maximum Gasteiger partial charge on any atom is 0.223 e. The third kappa shape index (κ3) is 6.14. The van der Waals surface area contributed by atoms with Crippen LogP contribution in [0.4, 0.5) is 0 Å². The Morgan fingerprint density at radius 1 is 0.805 bits per heavy atom. The molecule has 0 unspecified atom stereocenters. The summed E-state index contributed by atoms with van der Waals surface area (Å²) in [7, 11) is 1.69. The number of likely N-dealkylation sites (tertiary alicyclic amines) is 1. The molecule has 6 rings (SSSR count). The molecule has 1 fully saturated rings. The molecule has 5 heteroatoms. The van der Waals surface area contributed by atoms with E-state index in [1.165, 1.54) is 16.5 Å². The molecule has 0 aliphatic carbocycles. The fourth-order valence-corrected chi connectivity index (χ4v) is 5.85. The van der Waals surface area contributed by atoms with E-state index in [0.29, 0.717) is 13.0 Å². The first kappa shape index (κ1) is 26.7. The molecule has 1 atom stereocenters. The van der Waals surface area contributed by atoms with Crippen LogP contribution in [0.25, 0.3) is 10.9 Å². The minimum absolute atomic E-state index is 0.0922. The van der Waals surface area contributed by atoms with Crippen molar-refractivity contribution in [3.8, 4) is 11.5 Å².